The molecule has 0 saturated carbocycles. The van der Waals surface area contributed by atoms with Gasteiger partial charge in [0, 0.05) is 0 Å². The summed E-state index contributed by atoms with van der Waals surface area (Å²) in [7, 11) is 0. The lowest BCUT2D eigenvalue weighted by atomic mass is 10.1. The molecule has 268 valence electrons. The second-order valence-electron chi connectivity index (χ2n) is 10.6. The van der Waals surface area contributed by atoms with E-state index in [2.05, 4.69) is 26.6 Å². The van der Waals surface area contributed by atoms with E-state index in [0.717, 1.165) is 0 Å². The lowest BCUT2D eigenvalue weighted by Crippen LogP contribution is -2.61. The van der Waals surface area contributed by atoms with Crippen molar-refractivity contribution in [2.75, 3.05) is 19.8 Å². The highest BCUT2D eigenvalue weighted by Gasteiger charge is 2.34. The predicted octanol–water partition coefficient (Wildman–Crippen LogP) is -7.28. The normalized spacial score (nSPS) is 16.0. The molecule has 0 aromatic rings. The Morgan fingerprint density at radius 3 is 1.60 bits per heavy atom. The Morgan fingerprint density at radius 1 is 0.638 bits per heavy atom. The predicted molar refractivity (Wildman–Crippen MR) is 161 cm³/mol. The number of aliphatic carboxylic acids is 1. The number of hydrogen-bond acceptors (Lipinski definition) is 13. The molecule has 21 nitrogen and oxygen atoms in total. The van der Waals surface area contributed by atoms with Gasteiger partial charge in [0.2, 0.25) is 41.4 Å². The van der Waals surface area contributed by atoms with Crippen molar-refractivity contribution in [2.45, 2.75) is 94.9 Å². The van der Waals surface area contributed by atoms with Crippen LogP contribution in [-0.4, -0.2) is 136 Å². The first-order valence-electron chi connectivity index (χ1n) is 14.6. The quantitative estimate of drug-likeness (QED) is 0.0474. The Morgan fingerprint density at radius 2 is 1.13 bits per heavy atom. The second kappa shape index (κ2) is 21.4. The van der Waals surface area contributed by atoms with E-state index in [1.165, 1.54) is 20.8 Å². The molecule has 0 radical (unpaired) electrons. The van der Waals surface area contributed by atoms with Crippen LogP contribution in [0.3, 0.4) is 0 Å². The highest BCUT2D eigenvalue weighted by Crippen LogP contribution is 2.05. The minimum absolute atomic E-state index is 0.0298. The van der Waals surface area contributed by atoms with Gasteiger partial charge in [-0.25, -0.2) is 4.79 Å². The summed E-state index contributed by atoms with van der Waals surface area (Å²) in [5.74, 6) is -8.62. The number of amides is 7. The summed E-state index contributed by atoms with van der Waals surface area (Å²) in [6, 6.07) is -10.5. The van der Waals surface area contributed by atoms with Gasteiger partial charge < -0.3 is 69.5 Å². The molecule has 0 unspecified atom stereocenters. The number of unbranched alkanes of at least 4 members (excludes halogenated alkanes) is 1. The molecule has 8 atom stereocenters. The number of hydrogen-bond donors (Lipinski definition) is 13. The van der Waals surface area contributed by atoms with Crippen LogP contribution in [0, 0.1) is 0 Å². The zero-order valence-electron chi connectivity index (χ0n) is 26.4. The first kappa shape index (κ1) is 42.6. The van der Waals surface area contributed by atoms with Crippen LogP contribution >= 0.6 is 0 Å². The Labute approximate surface area is 270 Å². The molecule has 47 heavy (non-hydrogen) atoms. The van der Waals surface area contributed by atoms with Gasteiger partial charge in [-0.1, -0.05) is 0 Å². The molecule has 0 aromatic carbocycles. The van der Waals surface area contributed by atoms with E-state index in [1.807, 2.05) is 5.32 Å². The van der Waals surface area contributed by atoms with E-state index in [-0.39, 0.29) is 13.0 Å². The largest absolute Gasteiger partial charge is 0.480 e. The van der Waals surface area contributed by atoms with Crippen molar-refractivity contribution in [2.24, 2.45) is 17.2 Å². The Balaban J connectivity index is 5.85. The number of aliphatic hydroxyl groups excluding tert-OH is 3. The van der Waals surface area contributed by atoms with Crippen LogP contribution in [-0.2, 0) is 38.4 Å². The third-order valence-corrected chi connectivity index (χ3v) is 6.46. The first-order chi connectivity index (χ1) is 21.9. The van der Waals surface area contributed by atoms with Crippen LogP contribution in [0.4, 0.5) is 0 Å². The summed E-state index contributed by atoms with van der Waals surface area (Å²) >= 11 is 0. The number of carboxylic acid groups (broad SMARTS) is 1. The molecule has 0 aromatic heterocycles. The molecule has 0 heterocycles. The van der Waals surface area contributed by atoms with E-state index < -0.39 is 115 Å². The van der Waals surface area contributed by atoms with Crippen molar-refractivity contribution in [3.63, 3.8) is 0 Å². The van der Waals surface area contributed by atoms with Crippen LogP contribution in [0.2, 0.25) is 0 Å². The van der Waals surface area contributed by atoms with Gasteiger partial charge in [-0.15, -0.1) is 0 Å². The molecule has 0 aliphatic rings. The van der Waals surface area contributed by atoms with E-state index in [9.17, 15) is 48.6 Å². The molecule has 0 aliphatic heterocycles. The molecule has 0 aliphatic carbocycles. The third-order valence-electron chi connectivity index (χ3n) is 6.46. The maximum Gasteiger partial charge on any atom is 0.328 e. The lowest BCUT2D eigenvalue weighted by molar-refractivity contribution is -0.143. The summed E-state index contributed by atoms with van der Waals surface area (Å²) in [4.78, 5) is 99.0. The second-order valence-corrected chi connectivity index (χ2v) is 10.6. The minimum Gasteiger partial charge on any atom is -0.480 e. The van der Waals surface area contributed by atoms with Gasteiger partial charge in [0.15, 0.2) is 0 Å². The van der Waals surface area contributed by atoms with Crippen LogP contribution in [0.25, 0.3) is 0 Å². The van der Waals surface area contributed by atoms with Crippen LogP contribution < -0.4 is 49.1 Å². The maximum absolute atomic E-state index is 13.2. The number of carboxylic acids is 1. The SMILES string of the molecule is C[C@H](N)C(=O)N[C@H](C(=O)N[C@@H](CO)C(=O)N[C@@H](CC(N)=O)C(=O)N[C@@H](CCCCN)C(=O)N[C@@H](C)C(=O)N[C@@H](CO)C(=O)O)[C@@H](C)O. The Kier molecular flexibility index (Phi) is 19.4. The van der Waals surface area contributed by atoms with Crippen molar-refractivity contribution >= 4 is 47.3 Å². The van der Waals surface area contributed by atoms with Gasteiger partial charge in [0.05, 0.1) is 31.8 Å². The van der Waals surface area contributed by atoms with Crippen molar-refractivity contribution in [3.8, 4) is 0 Å². The Hall–Kier alpha value is -4.44. The number of carbonyl (C=O) groups is 8. The van der Waals surface area contributed by atoms with E-state index in [0.29, 0.717) is 12.8 Å². The summed E-state index contributed by atoms with van der Waals surface area (Å²) < 4.78 is 0. The molecule has 0 saturated heterocycles. The number of primary amides is 1. The minimum atomic E-state index is -1.75. The number of aliphatic hydroxyl groups is 3. The van der Waals surface area contributed by atoms with Crippen molar-refractivity contribution in [3.05, 3.63) is 0 Å². The van der Waals surface area contributed by atoms with Crippen molar-refractivity contribution < 1.29 is 58.8 Å². The van der Waals surface area contributed by atoms with Crippen molar-refractivity contribution in [1.29, 1.82) is 0 Å². The highest BCUT2D eigenvalue weighted by molar-refractivity contribution is 5.98. The number of carbonyl (C=O) groups excluding carboxylic acids is 7. The molecule has 16 N–H and O–H groups in total. The average molecular weight is 678 g/mol. The summed E-state index contributed by atoms with van der Waals surface area (Å²) in [5, 5.41) is 50.9. The average Bonchev–Trinajstić information content (AvgIpc) is 2.98. The maximum atomic E-state index is 13.2. The standard InChI is InChI=1S/C26H47N9O12/c1-11(28)20(40)35-19(13(3)38)25(45)33-16(9-36)24(44)32-15(8-18(29)39)23(43)31-14(6-4-5-7-27)22(42)30-12(2)21(41)34-17(10-37)26(46)47/h11-17,19,36-38H,4-10,27-28H2,1-3H3,(H2,29,39)(H,30,42)(H,31,43)(H,32,44)(H,33,45)(H,34,41)(H,35,40)(H,46,47)/t11-,12-,13+,14-,15-,16-,17-,19-/m0/s1. The summed E-state index contributed by atoms with van der Waals surface area (Å²) in [5.41, 5.74) is 16.2. The summed E-state index contributed by atoms with van der Waals surface area (Å²) in [6.45, 7) is 1.99. The molecular weight excluding hydrogens is 630 g/mol. The Bertz CT molecular complexity index is 1120. The first-order valence-corrected chi connectivity index (χ1v) is 14.6. The number of nitrogens with one attached hydrogen (secondary N) is 6. The van der Waals surface area contributed by atoms with Gasteiger partial charge in [0.25, 0.3) is 0 Å². The van der Waals surface area contributed by atoms with Gasteiger partial charge >= 0.3 is 5.97 Å². The zero-order valence-corrected chi connectivity index (χ0v) is 26.4. The third kappa shape index (κ3) is 15.6. The molecule has 0 rings (SSSR count). The van der Waals surface area contributed by atoms with Crippen LogP contribution in [0.5, 0.6) is 0 Å². The molecule has 0 spiro atoms. The lowest BCUT2D eigenvalue weighted by Gasteiger charge is -2.26. The van der Waals surface area contributed by atoms with E-state index in [1.54, 1.807) is 0 Å². The smallest absolute Gasteiger partial charge is 0.328 e. The van der Waals surface area contributed by atoms with Gasteiger partial charge in [0.1, 0.15) is 36.3 Å². The fourth-order valence-electron chi connectivity index (χ4n) is 3.72. The molecular formula is C26H47N9O12. The molecule has 21 heteroatoms. The zero-order chi connectivity index (χ0) is 36.4. The van der Waals surface area contributed by atoms with Crippen LogP contribution in [0.15, 0.2) is 0 Å². The van der Waals surface area contributed by atoms with Crippen molar-refractivity contribution in [1.82, 2.24) is 31.9 Å². The van der Waals surface area contributed by atoms with Gasteiger partial charge in [-0.05, 0) is 46.6 Å². The molecule has 0 fully saturated rings. The monoisotopic (exact) mass is 677 g/mol. The molecule has 7 amide bonds. The van der Waals surface area contributed by atoms with Crippen LogP contribution in [0.1, 0.15) is 46.5 Å². The summed E-state index contributed by atoms with van der Waals surface area (Å²) in [6.07, 6.45) is -1.56. The fourth-order valence-corrected chi connectivity index (χ4v) is 3.72. The van der Waals surface area contributed by atoms with E-state index in [4.69, 9.17) is 27.4 Å². The van der Waals surface area contributed by atoms with Gasteiger partial charge in [-0.3, -0.25) is 33.6 Å². The van der Waals surface area contributed by atoms with Gasteiger partial charge in [-0.2, -0.15) is 0 Å². The number of rotatable bonds is 22. The highest BCUT2D eigenvalue weighted by atomic mass is 16.4. The topological polar surface area (TPSA) is 368 Å². The van der Waals surface area contributed by atoms with E-state index >= 15 is 0 Å². The number of nitrogens with two attached hydrogens (primary N) is 3. The molecule has 0 bridgehead atoms. The fraction of sp³-hybridized carbons (Fsp3) is 0.692.